The molecular weight excluding hydrogens is 384 g/mol. The number of allylic oxidation sites excluding steroid dienone is 2. The fourth-order valence-corrected chi connectivity index (χ4v) is 7.55. The highest BCUT2D eigenvalue weighted by Crippen LogP contribution is 2.72. The first-order valence-corrected chi connectivity index (χ1v) is 12.4. The van der Waals surface area contributed by atoms with Crippen LogP contribution in [0.25, 0.3) is 0 Å². The molecule has 0 N–H and O–H groups in total. The van der Waals surface area contributed by atoms with Crippen LogP contribution in [0.2, 0.25) is 0 Å². The van der Waals surface area contributed by atoms with Crippen LogP contribution >= 0.6 is 0 Å². The average molecular weight is 433 g/mol. The van der Waals surface area contributed by atoms with Gasteiger partial charge in [-0.1, -0.05) is 66.5 Å². The van der Waals surface area contributed by atoms with Gasteiger partial charge in [-0.25, -0.2) is 0 Å². The standard InChI is InChI=1S/C27H48N2O2/c1-15(2)22-19-14-27(24(22)17(5)6,25(18(7)8)23(19)16(3)4)20(26(31)29(11)12)13-21(30)28(9)10/h15-20,22,24H,13-14H2,1-12H3. The molecule has 2 bridgehead atoms. The van der Waals surface area contributed by atoms with Gasteiger partial charge in [0.25, 0.3) is 0 Å². The van der Waals surface area contributed by atoms with E-state index in [9.17, 15) is 9.59 Å². The Morgan fingerprint density at radius 1 is 0.871 bits per heavy atom. The maximum atomic E-state index is 13.8. The predicted molar refractivity (Wildman–Crippen MR) is 129 cm³/mol. The Kier molecular flexibility index (Phi) is 7.76. The van der Waals surface area contributed by atoms with Crippen LogP contribution < -0.4 is 0 Å². The molecule has 1 saturated carbocycles. The van der Waals surface area contributed by atoms with Gasteiger partial charge in [-0.15, -0.1) is 0 Å². The van der Waals surface area contributed by atoms with Crippen LogP contribution in [0.15, 0.2) is 11.1 Å². The Bertz CT molecular complexity index is 717. The van der Waals surface area contributed by atoms with Gasteiger partial charge in [0.15, 0.2) is 0 Å². The van der Waals surface area contributed by atoms with E-state index < -0.39 is 0 Å². The van der Waals surface area contributed by atoms with Crippen molar-refractivity contribution in [2.75, 3.05) is 28.2 Å². The third-order valence-corrected chi connectivity index (χ3v) is 8.17. The van der Waals surface area contributed by atoms with Gasteiger partial charge in [0.05, 0.1) is 5.92 Å². The zero-order valence-electron chi connectivity index (χ0n) is 22.2. The number of carbonyl (C=O) groups excluding carboxylic acids is 2. The molecule has 4 heteroatoms. The first-order chi connectivity index (χ1) is 14.2. The van der Waals surface area contributed by atoms with E-state index >= 15 is 0 Å². The Hall–Kier alpha value is -1.32. The zero-order valence-corrected chi connectivity index (χ0v) is 22.2. The van der Waals surface area contributed by atoms with Crippen molar-refractivity contribution in [1.29, 1.82) is 0 Å². The maximum Gasteiger partial charge on any atom is 0.226 e. The molecule has 0 aliphatic heterocycles. The highest BCUT2D eigenvalue weighted by atomic mass is 16.2. The van der Waals surface area contributed by atoms with E-state index in [2.05, 4.69) is 55.4 Å². The van der Waals surface area contributed by atoms with Gasteiger partial charge in [0, 0.05) is 40.0 Å². The van der Waals surface area contributed by atoms with E-state index in [0.29, 0.717) is 47.8 Å². The SMILES string of the molecule is CC(C)C1=C(C(C)C)C2(C(CC(=O)N(C)C)C(=O)N(C)C)CC1C(C(C)C)C2C(C)C. The molecule has 0 radical (unpaired) electrons. The molecule has 5 unspecified atom stereocenters. The van der Waals surface area contributed by atoms with Gasteiger partial charge in [0.2, 0.25) is 11.8 Å². The summed E-state index contributed by atoms with van der Waals surface area (Å²) in [6.07, 6.45) is 1.33. The molecule has 0 saturated heterocycles. The molecule has 2 aliphatic carbocycles. The first-order valence-electron chi connectivity index (χ1n) is 12.4. The second kappa shape index (κ2) is 9.27. The van der Waals surface area contributed by atoms with Crippen molar-refractivity contribution < 1.29 is 9.59 Å². The molecule has 0 aromatic rings. The van der Waals surface area contributed by atoms with Crippen LogP contribution in [0.4, 0.5) is 0 Å². The van der Waals surface area contributed by atoms with Crippen molar-refractivity contribution in [3.8, 4) is 0 Å². The Morgan fingerprint density at radius 3 is 1.77 bits per heavy atom. The van der Waals surface area contributed by atoms with E-state index in [1.54, 1.807) is 29.5 Å². The van der Waals surface area contributed by atoms with Crippen LogP contribution in [-0.2, 0) is 9.59 Å². The lowest BCUT2D eigenvalue weighted by atomic mass is 9.53. The number of amides is 2. The monoisotopic (exact) mass is 432 g/mol. The summed E-state index contributed by atoms with van der Waals surface area (Å²) in [5.74, 6) is 3.25. The maximum absolute atomic E-state index is 13.8. The van der Waals surface area contributed by atoms with Crippen molar-refractivity contribution in [2.24, 2.45) is 52.8 Å². The van der Waals surface area contributed by atoms with Crippen LogP contribution in [0.3, 0.4) is 0 Å². The Morgan fingerprint density at radius 2 is 1.42 bits per heavy atom. The number of carbonyl (C=O) groups is 2. The molecule has 4 nitrogen and oxygen atoms in total. The lowest BCUT2D eigenvalue weighted by Crippen LogP contribution is -2.51. The Labute approximate surface area is 191 Å². The molecule has 2 amide bonds. The smallest absolute Gasteiger partial charge is 0.226 e. The molecule has 1 fully saturated rings. The van der Waals surface area contributed by atoms with E-state index in [4.69, 9.17) is 0 Å². The quantitative estimate of drug-likeness (QED) is 0.486. The topological polar surface area (TPSA) is 40.6 Å². The summed E-state index contributed by atoms with van der Waals surface area (Å²) in [5.41, 5.74) is 2.88. The molecule has 31 heavy (non-hydrogen) atoms. The van der Waals surface area contributed by atoms with Gasteiger partial charge < -0.3 is 9.80 Å². The van der Waals surface area contributed by atoms with Gasteiger partial charge >= 0.3 is 0 Å². The van der Waals surface area contributed by atoms with Gasteiger partial charge in [-0.3, -0.25) is 9.59 Å². The summed E-state index contributed by atoms with van der Waals surface area (Å²) >= 11 is 0. The van der Waals surface area contributed by atoms with Gasteiger partial charge in [-0.2, -0.15) is 0 Å². The van der Waals surface area contributed by atoms with Crippen LogP contribution in [0.1, 0.15) is 68.2 Å². The van der Waals surface area contributed by atoms with Crippen LogP contribution in [0.5, 0.6) is 0 Å². The Balaban J connectivity index is 2.87. The third kappa shape index (κ3) is 4.20. The highest BCUT2D eigenvalue weighted by Gasteiger charge is 2.67. The van der Waals surface area contributed by atoms with Crippen molar-refractivity contribution in [3.63, 3.8) is 0 Å². The molecule has 0 heterocycles. The van der Waals surface area contributed by atoms with Crippen LogP contribution in [-0.4, -0.2) is 49.8 Å². The van der Waals surface area contributed by atoms with E-state index in [-0.39, 0.29) is 23.1 Å². The molecule has 0 aromatic heterocycles. The lowest BCUT2D eigenvalue weighted by Gasteiger charge is -2.51. The van der Waals surface area contributed by atoms with Crippen molar-refractivity contribution >= 4 is 11.8 Å². The van der Waals surface area contributed by atoms with Crippen molar-refractivity contribution in [3.05, 3.63) is 11.1 Å². The van der Waals surface area contributed by atoms with Gasteiger partial charge in [-0.05, 0) is 47.8 Å². The summed E-state index contributed by atoms with van der Waals surface area (Å²) in [5, 5.41) is 0. The van der Waals surface area contributed by atoms with Crippen molar-refractivity contribution in [2.45, 2.75) is 68.2 Å². The number of nitrogens with zero attached hydrogens (tertiary/aromatic N) is 2. The average Bonchev–Trinajstić information content (AvgIpc) is 3.16. The minimum absolute atomic E-state index is 0.0581. The fourth-order valence-electron chi connectivity index (χ4n) is 7.55. The molecule has 0 aromatic carbocycles. The van der Waals surface area contributed by atoms with E-state index in [1.165, 1.54) is 5.57 Å². The highest BCUT2D eigenvalue weighted by molar-refractivity contribution is 5.87. The number of fused-ring (bicyclic) bond motifs is 2. The van der Waals surface area contributed by atoms with Gasteiger partial charge in [0.1, 0.15) is 0 Å². The largest absolute Gasteiger partial charge is 0.349 e. The molecule has 0 spiro atoms. The molecule has 178 valence electrons. The lowest BCUT2D eigenvalue weighted by molar-refractivity contribution is -0.144. The number of hydrogen-bond acceptors (Lipinski definition) is 2. The summed E-state index contributed by atoms with van der Waals surface area (Å²) in [6.45, 7) is 18.6. The predicted octanol–water partition coefficient (Wildman–Crippen LogP) is 5.34. The van der Waals surface area contributed by atoms with E-state index in [0.717, 1.165) is 6.42 Å². The summed E-state index contributed by atoms with van der Waals surface area (Å²) < 4.78 is 0. The summed E-state index contributed by atoms with van der Waals surface area (Å²) in [4.78, 5) is 30.2. The van der Waals surface area contributed by atoms with Crippen molar-refractivity contribution in [1.82, 2.24) is 9.80 Å². The summed E-state index contributed by atoms with van der Waals surface area (Å²) in [6, 6.07) is 0. The third-order valence-electron chi connectivity index (χ3n) is 8.17. The molecular formula is C27H48N2O2. The number of hydrogen-bond donors (Lipinski definition) is 0. The zero-order chi connectivity index (χ0) is 24.0. The summed E-state index contributed by atoms with van der Waals surface area (Å²) in [7, 11) is 7.30. The minimum Gasteiger partial charge on any atom is -0.349 e. The molecule has 2 rings (SSSR count). The second-order valence-electron chi connectivity index (χ2n) is 11.9. The van der Waals surface area contributed by atoms with Crippen LogP contribution in [0, 0.1) is 52.8 Å². The minimum atomic E-state index is -0.301. The first kappa shape index (κ1) is 25.9. The fraction of sp³-hybridized carbons (Fsp3) is 0.852. The van der Waals surface area contributed by atoms with E-state index in [1.807, 2.05) is 14.1 Å². The molecule has 5 atom stereocenters. The second-order valence-corrected chi connectivity index (χ2v) is 11.9. The normalized spacial score (nSPS) is 29.0. The molecule has 2 aliphatic rings. The number of rotatable bonds is 8.